The van der Waals surface area contributed by atoms with E-state index in [4.69, 9.17) is 9.47 Å². The molecule has 2 rings (SSSR count). The predicted octanol–water partition coefficient (Wildman–Crippen LogP) is 1.92. The Hall–Kier alpha value is -0.120. The van der Waals surface area contributed by atoms with Crippen molar-refractivity contribution >= 4 is 0 Å². The van der Waals surface area contributed by atoms with Gasteiger partial charge in [-0.3, -0.25) is 0 Å². The highest BCUT2D eigenvalue weighted by molar-refractivity contribution is 4.83. The summed E-state index contributed by atoms with van der Waals surface area (Å²) in [6.07, 6.45) is 6.09. The van der Waals surface area contributed by atoms with Crippen LogP contribution in [-0.2, 0) is 9.47 Å². The van der Waals surface area contributed by atoms with Gasteiger partial charge in [0.25, 0.3) is 0 Å². The van der Waals surface area contributed by atoms with Crippen LogP contribution in [0.3, 0.4) is 0 Å². The lowest BCUT2D eigenvalue weighted by atomic mass is 9.83. The van der Waals surface area contributed by atoms with Crippen LogP contribution in [0.1, 0.15) is 39.0 Å². The van der Waals surface area contributed by atoms with Crippen molar-refractivity contribution in [2.45, 2.75) is 44.8 Å². The fourth-order valence-electron chi connectivity index (χ4n) is 2.79. The molecular formula is C12H23NO2. The molecule has 1 aliphatic carbocycles. The molecule has 0 amide bonds. The van der Waals surface area contributed by atoms with Crippen molar-refractivity contribution in [3.8, 4) is 0 Å². The summed E-state index contributed by atoms with van der Waals surface area (Å²) < 4.78 is 11.6. The molecule has 0 bridgehead atoms. The molecule has 0 aromatic carbocycles. The van der Waals surface area contributed by atoms with E-state index in [1.807, 2.05) is 0 Å². The zero-order chi connectivity index (χ0) is 10.6. The molecule has 2 fully saturated rings. The molecule has 0 aromatic heterocycles. The van der Waals surface area contributed by atoms with Crippen LogP contribution in [0.4, 0.5) is 0 Å². The Morgan fingerprint density at radius 1 is 1.33 bits per heavy atom. The molecule has 3 heteroatoms. The summed E-state index contributed by atoms with van der Waals surface area (Å²) in [5.41, 5.74) is 0. The summed E-state index contributed by atoms with van der Waals surface area (Å²) in [4.78, 5) is 0. The first-order chi connectivity index (χ1) is 7.35. The van der Waals surface area contributed by atoms with E-state index in [9.17, 15) is 0 Å². The van der Waals surface area contributed by atoms with Crippen LogP contribution >= 0.6 is 0 Å². The van der Waals surface area contributed by atoms with Gasteiger partial charge in [0.15, 0.2) is 5.79 Å². The lowest BCUT2D eigenvalue weighted by Gasteiger charge is -2.36. The fraction of sp³-hybridized carbons (Fsp3) is 1.00. The van der Waals surface area contributed by atoms with Gasteiger partial charge in [-0.25, -0.2) is 0 Å². The van der Waals surface area contributed by atoms with E-state index in [1.54, 1.807) is 0 Å². The van der Waals surface area contributed by atoms with Crippen LogP contribution in [0.25, 0.3) is 0 Å². The van der Waals surface area contributed by atoms with Gasteiger partial charge in [0.1, 0.15) is 0 Å². The van der Waals surface area contributed by atoms with E-state index in [1.165, 1.54) is 19.3 Å². The Kier molecular flexibility index (Phi) is 4.00. The van der Waals surface area contributed by atoms with E-state index in [-0.39, 0.29) is 5.79 Å². The van der Waals surface area contributed by atoms with Gasteiger partial charge in [-0.2, -0.15) is 0 Å². The average molecular weight is 213 g/mol. The molecule has 1 N–H and O–H groups in total. The minimum absolute atomic E-state index is 0.185. The summed E-state index contributed by atoms with van der Waals surface area (Å²) in [6, 6.07) is 0. The molecule has 1 spiro atoms. The predicted molar refractivity (Wildman–Crippen MR) is 59.8 cm³/mol. The SMILES string of the molecule is CCNCCC1CCCC2(C1)OCCO2. The molecule has 1 saturated carbocycles. The van der Waals surface area contributed by atoms with E-state index in [0.29, 0.717) is 0 Å². The standard InChI is InChI=1S/C12H23NO2/c1-2-13-7-5-11-4-3-6-12(10-11)14-8-9-15-12/h11,13H,2-10H2,1H3. The number of hydrogen-bond donors (Lipinski definition) is 1. The van der Waals surface area contributed by atoms with Crippen LogP contribution in [0.15, 0.2) is 0 Å². The van der Waals surface area contributed by atoms with Crippen LogP contribution in [0, 0.1) is 5.92 Å². The molecule has 15 heavy (non-hydrogen) atoms. The van der Waals surface area contributed by atoms with Crippen molar-refractivity contribution < 1.29 is 9.47 Å². The normalized spacial score (nSPS) is 29.8. The molecule has 1 aliphatic heterocycles. The highest BCUT2D eigenvalue weighted by Crippen LogP contribution is 2.39. The van der Waals surface area contributed by atoms with Crippen molar-refractivity contribution in [1.82, 2.24) is 5.32 Å². The maximum Gasteiger partial charge on any atom is 0.168 e. The molecule has 1 unspecified atom stereocenters. The van der Waals surface area contributed by atoms with Crippen LogP contribution in [0.5, 0.6) is 0 Å². The van der Waals surface area contributed by atoms with Crippen LogP contribution < -0.4 is 5.32 Å². The zero-order valence-electron chi connectivity index (χ0n) is 9.76. The van der Waals surface area contributed by atoms with E-state index >= 15 is 0 Å². The highest BCUT2D eigenvalue weighted by atomic mass is 16.7. The fourth-order valence-corrected chi connectivity index (χ4v) is 2.79. The first-order valence-corrected chi connectivity index (χ1v) is 6.33. The zero-order valence-corrected chi connectivity index (χ0v) is 9.76. The number of nitrogens with one attached hydrogen (secondary N) is 1. The Morgan fingerprint density at radius 3 is 2.87 bits per heavy atom. The summed E-state index contributed by atoms with van der Waals surface area (Å²) >= 11 is 0. The molecule has 3 nitrogen and oxygen atoms in total. The van der Waals surface area contributed by atoms with Crippen molar-refractivity contribution in [3.63, 3.8) is 0 Å². The molecule has 1 heterocycles. The number of ether oxygens (including phenoxy) is 2. The summed E-state index contributed by atoms with van der Waals surface area (Å²) in [5, 5.41) is 3.39. The quantitative estimate of drug-likeness (QED) is 0.724. The van der Waals surface area contributed by atoms with Gasteiger partial charge in [-0.05, 0) is 31.8 Å². The molecule has 0 radical (unpaired) electrons. The van der Waals surface area contributed by atoms with Gasteiger partial charge in [0, 0.05) is 12.8 Å². The second-order valence-corrected chi connectivity index (χ2v) is 4.71. The Bertz CT molecular complexity index is 190. The molecule has 0 aromatic rings. The van der Waals surface area contributed by atoms with Crippen molar-refractivity contribution in [1.29, 1.82) is 0 Å². The third-order valence-corrected chi connectivity index (χ3v) is 3.56. The van der Waals surface area contributed by atoms with Gasteiger partial charge in [-0.1, -0.05) is 13.3 Å². The summed E-state index contributed by atoms with van der Waals surface area (Å²) in [5.74, 6) is 0.602. The number of rotatable bonds is 4. The van der Waals surface area contributed by atoms with Gasteiger partial charge in [0.2, 0.25) is 0 Å². The summed E-state index contributed by atoms with van der Waals surface area (Å²) in [6.45, 7) is 5.95. The molecule has 1 atom stereocenters. The van der Waals surface area contributed by atoms with Gasteiger partial charge >= 0.3 is 0 Å². The molecular weight excluding hydrogens is 190 g/mol. The third kappa shape index (κ3) is 2.92. The minimum atomic E-state index is -0.185. The van der Waals surface area contributed by atoms with E-state index in [2.05, 4.69) is 12.2 Å². The second-order valence-electron chi connectivity index (χ2n) is 4.71. The van der Waals surface area contributed by atoms with Gasteiger partial charge in [0.05, 0.1) is 13.2 Å². The molecule has 1 saturated heterocycles. The monoisotopic (exact) mass is 213 g/mol. The molecule has 2 aliphatic rings. The Labute approximate surface area is 92.5 Å². The maximum absolute atomic E-state index is 5.78. The lowest BCUT2D eigenvalue weighted by Crippen LogP contribution is -2.37. The van der Waals surface area contributed by atoms with E-state index in [0.717, 1.165) is 45.1 Å². The summed E-state index contributed by atoms with van der Waals surface area (Å²) in [7, 11) is 0. The van der Waals surface area contributed by atoms with Crippen molar-refractivity contribution in [2.24, 2.45) is 5.92 Å². The van der Waals surface area contributed by atoms with Crippen LogP contribution in [-0.4, -0.2) is 32.1 Å². The smallest absolute Gasteiger partial charge is 0.168 e. The first kappa shape index (κ1) is 11.4. The Balaban J connectivity index is 1.76. The van der Waals surface area contributed by atoms with Crippen molar-refractivity contribution in [3.05, 3.63) is 0 Å². The van der Waals surface area contributed by atoms with Crippen LogP contribution in [0.2, 0.25) is 0 Å². The van der Waals surface area contributed by atoms with Crippen molar-refractivity contribution in [2.75, 3.05) is 26.3 Å². The molecule has 88 valence electrons. The first-order valence-electron chi connectivity index (χ1n) is 6.33. The number of hydrogen-bond acceptors (Lipinski definition) is 3. The Morgan fingerprint density at radius 2 is 2.13 bits per heavy atom. The lowest BCUT2D eigenvalue weighted by molar-refractivity contribution is -0.187. The average Bonchev–Trinajstić information content (AvgIpc) is 2.67. The van der Waals surface area contributed by atoms with Gasteiger partial charge in [-0.15, -0.1) is 0 Å². The largest absolute Gasteiger partial charge is 0.348 e. The third-order valence-electron chi connectivity index (χ3n) is 3.56. The minimum Gasteiger partial charge on any atom is -0.348 e. The maximum atomic E-state index is 5.78. The van der Waals surface area contributed by atoms with E-state index < -0.39 is 0 Å². The second kappa shape index (κ2) is 5.28. The van der Waals surface area contributed by atoms with Gasteiger partial charge < -0.3 is 14.8 Å². The highest BCUT2D eigenvalue weighted by Gasteiger charge is 2.40. The topological polar surface area (TPSA) is 30.5 Å².